The molecule has 0 bridgehead atoms. The van der Waals surface area contributed by atoms with E-state index in [0.717, 1.165) is 51.4 Å². The highest BCUT2D eigenvalue weighted by Gasteiger charge is 2.23. The van der Waals surface area contributed by atoms with E-state index in [2.05, 4.69) is 42.7 Å². The quantitative estimate of drug-likeness (QED) is 0.0272. The van der Waals surface area contributed by atoms with Gasteiger partial charge in [0.15, 0.2) is 6.10 Å². The lowest BCUT2D eigenvalue weighted by molar-refractivity contribution is -0.161. The number of unbranched alkanes of at least 4 members (excludes halogenated alkanes) is 28. The Morgan fingerprint density at radius 1 is 0.463 bits per heavy atom. The van der Waals surface area contributed by atoms with Gasteiger partial charge in [0.1, 0.15) is 6.61 Å². The summed E-state index contributed by atoms with van der Waals surface area (Å²) < 4.78 is 26.4. The van der Waals surface area contributed by atoms with Crippen LogP contribution in [0.15, 0.2) is 24.3 Å². The molecule has 54 heavy (non-hydrogen) atoms. The van der Waals surface area contributed by atoms with Crippen LogP contribution in [0.4, 0.5) is 0 Å². The van der Waals surface area contributed by atoms with Crippen LogP contribution in [0, 0.1) is 0 Å². The van der Waals surface area contributed by atoms with Crippen LogP contribution in [0.5, 0.6) is 0 Å². The molecule has 0 aliphatic heterocycles. The second-order valence-electron chi connectivity index (χ2n) is 15.4. The van der Waals surface area contributed by atoms with Crippen molar-refractivity contribution in [1.29, 1.82) is 0 Å². The molecule has 2 N–H and O–H groups in total. The van der Waals surface area contributed by atoms with E-state index in [-0.39, 0.29) is 19.4 Å². The number of phosphoric acid groups is 1. The van der Waals surface area contributed by atoms with E-state index in [4.69, 9.17) is 19.3 Å². The number of carbonyl (C=O) groups is 2. The van der Waals surface area contributed by atoms with Crippen molar-refractivity contribution in [2.45, 2.75) is 238 Å². The molecule has 9 heteroatoms. The van der Waals surface area contributed by atoms with Gasteiger partial charge >= 0.3 is 19.8 Å². The molecule has 0 radical (unpaired) electrons. The second kappa shape index (κ2) is 41.2. The molecule has 318 valence electrons. The van der Waals surface area contributed by atoms with E-state index in [1.807, 2.05) is 0 Å². The van der Waals surface area contributed by atoms with Gasteiger partial charge in [-0.3, -0.25) is 14.1 Å². The maximum atomic E-state index is 12.4. The summed E-state index contributed by atoms with van der Waals surface area (Å²) in [5, 5.41) is 0. The molecule has 0 saturated carbocycles. The van der Waals surface area contributed by atoms with Gasteiger partial charge in [-0.15, -0.1) is 0 Å². The van der Waals surface area contributed by atoms with Crippen molar-refractivity contribution in [3.63, 3.8) is 0 Å². The van der Waals surface area contributed by atoms with Gasteiger partial charge in [0.05, 0.1) is 6.61 Å². The van der Waals surface area contributed by atoms with Crippen LogP contribution in [-0.4, -0.2) is 41.0 Å². The van der Waals surface area contributed by atoms with E-state index in [0.29, 0.717) is 6.42 Å². The van der Waals surface area contributed by atoms with Crippen LogP contribution in [0.25, 0.3) is 0 Å². The predicted octanol–water partition coefficient (Wildman–Crippen LogP) is 14.0. The standard InChI is InChI=1S/C45H85O8P/c1-3-5-7-9-11-13-15-17-19-20-21-22-23-24-26-28-30-32-34-36-38-40-45(47)53-43(42-52-54(48,49)50)41-51-44(46)39-37-35-33-31-29-27-25-18-16-14-12-10-8-6-4-2/h14,16-17,19,43H,3-13,15,18,20-42H2,1-2H3,(H2,48,49,50)/b16-14-,19-17-/t43-/m1/s1. The number of carbonyl (C=O) groups excluding carboxylic acids is 2. The summed E-state index contributed by atoms with van der Waals surface area (Å²) in [5.41, 5.74) is 0. The van der Waals surface area contributed by atoms with Gasteiger partial charge in [0.2, 0.25) is 0 Å². The molecule has 0 fully saturated rings. The summed E-state index contributed by atoms with van der Waals surface area (Å²) in [5.74, 6) is -0.882. The molecule has 1 atom stereocenters. The maximum Gasteiger partial charge on any atom is 0.469 e. The highest BCUT2D eigenvalue weighted by atomic mass is 31.2. The van der Waals surface area contributed by atoms with Crippen molar-refractivity contribution in [2.75, 3.05) is 13.2 Å². The van der Waals surface area contributed by atoms with Crippen LogP contribution in [0.3, 0.4) is 0 Å². The fraction of sp³-hybridized carbons (Fsp3) is 0.867. The molecule has 8 nitrogen and oxygen atoms in total. The van der Waals surface area contributed by atoms with E-state index >= 15 is 0 Å². The first-order chi connectivity index (χ1) is 26.3. The molecule has 0 aromatic heterocycles. The van der Waals surface area contributed by atoms with Gasteiger partial charge in [-0.2, -0.15) is 0 Å². The first kappa shape index (κ1) is 52.5. The lowest BCUT2D eigenvalue weighted by Crippen LogP contribution is -2.29. The van der Waals surface area contributed by atoms with Crippen molar-refractivity contribution in [3.05, 3.63) is 24.3 Å². The number of esters is 2. The minimum Gasteiger partial charge on any atom is -0.462 e. The third kappa shape index (κ3) is 43.3. The summed E-state index contributed by atoms with van der Waals surface area (Å²) in [6.07, 6.45) is 47.6. The first-order valence-electron chi connectivity index (χ1n) is 22.6. The topological polar surface area (TPSA) is 119 Å². The van der Waals surface area contributed by atoms with Crippen molar-refractivity contribution < 1.29 is 37.9 Å². The van der Waals surface area contributed by atoms with Gasteiger partial charge in [-0.25, -0.2) is 4.57 Å². The molecular formula is C45H85O8P. The van der Waals surface area contributed by atoms with Gasteiger partial charge in [-0.1, -0.05) is 179 Å². The van der Waals surface area contributed by atoms with Crippen LogP contribution in [-0.2, 0) is 28.2 Å². The summed E-state index contributed by atoms with van der Waals surface area (Å²) in [6.45, 7) is 3.69. The van der Waals surface area contributed by atoms with Gasteiger partial charge < -0.3 is 19.3 Å². The molecule has 0 heterocycles. The molecular weight excluding hydrogens is 699 g/mol. The van der Waals surface area contributed by atoms with Crippen molar-refractivity contribution >= 4 is 19.8 Å². The Hall–Kier alpha value is -1.47. The largest absolute Gasteiger partial charge is 0.469 e. The lowest BCUT2D eigenvalue weighted by atomic mass is 10.0. The fourth-order valence-corrected chi connectivity index (χ4v) is 6.90. The molecule has 0 rings (SSSR count). The Bertz CT molecular complexity index is 931. The maximum absolute atomic E-state index is 12.4. The normalized spacial score (nSPS) is 12.6. The fourth-order valence-electron chi connectivity index (χ4n) is 6.54. The van der Waals surface area contributed by atoms with E-state index in [1.54, 1.807) is 0 Å². The predicted molar refractivity (Wildman–Crippen MR) is 225 cm³/mol. The first-order valence-corrected chi connectivity index (χ1v) is 24.2. The van der Waals surface area contributed by atoms with Crippen molar-refractivity contribution in [3.8, 4) is 0 Å². The lowest BCUT2D eigenvalue weighted by Gasteiger charge is -2.18. The molecule has 0 aliphatic rings. The number of rotatable bonds is 42. The molecule has 0 aliphatic carbocycles. The molecule has 0 aromatic rings. The SMILES string of the molecule is CCCCCC/C=C\CCCCCCCCCC(=O)OC[C@H](COP(=O)(O)O)OC(=O)CCCCCCCCCCCCC/C=C\CCCCCCCC. The monoisotopic (exact) mass is 785 g/mol. The number of hydrogen-bond donors (Lipinski definition) is 2. The summed E-state index contributed by atoms with van der Waals surface area (Å²) in [7, 11) is -4.75. The van der Waals surface area contributed by atoms with Crippen LogP contribution in [0.1, 0.15) is 232 Å². The Morgan fingerprint density at radius 3 is 1.15 bits per heavy atom. The Balaban J connectivity index is 3.85. The minimum absolute atomic E-state index is 0.213. The van der Waals surface area contributed by atoms with Crippen LogP contribution >= 0.6 is 7.82 Å². The zero-order valence-electron chi connectivity index (χ0n) is 35.1. The average molecular weight is 785 g/mol. The molecule has 0 spiro atoms. The van der Waals surface area contributed by atoms with Crippen LogP contribution in [0.2, 0.25) is 0 Å². The molecule has 0 amide bonds. The highest BCUT2D eigenvalue weighted by molar-refractivity contribution is 7.46. The van der Waals surface area contributed by atoms with Gasteiger partial charge in [0.25, 0.3) is 0 Å². The highest BCUT2D eigenvalue weighted by Crippen LogP contribution is 2.36. The number of allylic oxidation sites excluding steroid dienone is 4. The van der Waals surface area contributed by atoms with Crippen LogP contribution < -0.4 is 0 Å². The second-order valence-corrected chi connectivity index (χ2v) is 16.6. The number of hydrogen-bond acceptors (Lipinski definition) is 6. The van der Waals surface area contributed by atoms with Crippen molar-refractivity contribution in [2.24, 2.45) is 0 Å². The molecule has 0 aromatic carbocycles. The zero-order chi connectivity index (χ0) is 39.6. The Morgan fingerprint density at radius 2 is 0.778 bits per heavy atom. The van der Waals surface area contributed by atoms with Crippen molar-refractivity contribution in [1.82, 2.24) is 0 Å². The van der Waals surface area contributed by atoms with E-state index in [9.17, 15) is 14.2 Å². The smallest absolute Gasteiger partial charge is 0.462 e. The average Bonchev–Trinajstić information content (AvgIpc) is 3.14. The molecule has 0 saturated heterocycles. The third-order valence-corrected chi connectivity index (χ3v) is 10.4. The Kier molecular flexibility index (Phi) is 40.1. The Labute approximate surface area is 332 Å². The third-order valence-electron chi connectivity index (χ3n) is 9.94. The minimum atomic E-state index is -4.75. The number of ether oxygens (including phenoxy) is 2. The summed E-state index contributed by atoms with van der Waals surface area (Å²) in [4.78, 5) is 42.9. The summed E-state index contributed by atoms with van der Waals surface area (Å²) in [6, 6.07) is 0. The summed E-state index contributed by atoms with van der Waals surface area (Å²) >= 11 is 0. The van der Waals surface area contributed by atoms with E-state index in [1.165, 1.54) is 148 Å². The van der Waals surface area contributed by atoms with E-state index < -0.39 is 32.5 Å². The van der Waals surface area contributed by atoms with Gasteiger partial charge in [0, 0.05) is 12.8 Å². The van der Waals surface area contributed by atoms with Gasteiger partial charge in [-0.05, 0) is 64.2 Å². The zero-order valence-corrected chi connectivity index (χ0v) is 36.0. The number of phosphoric ester groups is 1. The molecule has 0 unspecified atom stereocenters.